The molecule has 0 fully saturated rings. The van der Waals surface area contributed by atoms with Gasteiger partial charge in [0.2, 0.25) is 0 Å². The summed E-state index contributed by atoms with van der Waals surface area (Å²) in [6, 6.07) is 0. The highest BCUT2D eigenvalue weighted by Crippen LogP contribution is 2.08. The maximum atomic E-state index is 11.9. The van der Waals surface area contributed by atoms with E-state index in [1.54, 1.807) is 23.2 Å². The van der Waals surface area contributed by atoms with Crippen LogP contribution < -0.4 is 10.6 Å². The molecule has 0 radical (unpaired) electrons. The van der Waals surface area contributed by atoms with E-state index >= 15 is 0 Å². The lowest BCUT2D eigenvalue weighted by molar-refractivity contribution is 0.0881. The van der Waals surface area contributed by atoms with E-state index in [-0.39, 0.29) is 11.8 Å². The second-order valence-electron chi connectivity index (χ2n) is 4.70. The van der Waals surface area contributed by atoms with Crippen LogP contribution in [-0.2, 0) is 0 Å². The van der Waals surface area contributed by atoms with Crippen molar-refractivity contribution in [3.05, 3.63) is 33.2 Å². The fourth-order valence-corrected chi connectivity index (χ4v) is 2.53. The molecule has 0 unspecified atom stereocenters. The molecular formula is C12H14N4O2S2. The first-order valence-electron chi connectivity index (χ1n) is 5.88. The molecule has 6 nitrogen and oxygen atoms in total. The summed E-state index contributed by atoms with van der Waals surface area (Å²) < 4.78 is 0. The molecule has 0 aliphatic rings. The number of thiazole rings is 2. The molecule has 0 aromatic carbocycles. The van der Waals surface area contributed by atoms with Gasteiger partial charge in [0.25, 0.3) is 11.8 Å². The van der Waals surface area contributed by atoms with Gasteiger partial charge < -0.3 is 10.6 Å². The molecule has 2 amide bonds. The van der Waals surface area contributed by atoms with Crippen LogP contribution in [0, 0.1) is 0 Å². The lowest BCUT2D eigenvalue weighted by Gasteiger charge is -2.25. The summed E-state index contributed by atoms with van der Waals surface area (Å²) >= 11 is 2.55. The Hall–Kier alpha value is -1.80. The molecule has 0 saturated heterocycles. The van der Waals surface area contributed by atoms with Gasteiger partial charge in [-0.05, 0) is 13.8 Å². The number of amides is 2. The minimum atomic E-state index is -0.574. The number of nitrogens with one attached hydrogen (secondary N) is 2. The predicted molar refractivity (Wildman–Crippen MR) is 78.1 cm³/mol. The van der Waals surface area contributed by atoms with E-state index in [4.69, 9.17) is 0 Å². The van der Waals surface area contributed by atoms with Crippen LogP contribution in [0.25, 0.3) is 0 Å². The molecule has 2 aromatic heterocycles. The topological polar surface area (TPSA) is 84.0 Å². The molecule has 0 atom stereocenters. The zero-order valence-electron chi connectivity index (χ0n) is 11.0. The lowest BCUT2D eigenvalue weighted by atomic mass is 10.1. The van der Waals surface area contributed by atoms with Gasteiger partial charge in [-0.2, -0.15) is 0 Å². The fourth-order valence-electron chi connectivity index (χ4n) is 1.45. The number of rotatable bonds is 5. The summed E-state index contributed by atoms with van der Waals surface area (Å²) in [4.78, 5) is 31.6. The number of hydrogen-bond acceptors (Lipinski definition) is 6. The van der Waals surface area contributed by atoms with Crippen molar-refractivity contribution in [2.75, 3.05) is 6.54 Å². The van der Waals surface area contributed by atoms with Crippen LogP contribution in [0.15, 0.2) is 23.2 Å². The van der Waals surface area contributed by atoms with Crippen LogP contribution in [0.2, 0.25) is 0 Å². The summed E-state index contributed by atoms with van der Waals surface area (Å²) in [5.41, 5.74) is -0.574. The molecule has 0 spiro atoms. The van der Waals surface area contributed by atoms with Gasteiger partial charge in [-0.15, -0.1) is 22.7 Å². The van der Waals surface area contributed by atoms with E-state index < -0.39 is 5.54 Å². The zero-order chi connectivity index (χ0) is 14.6. The smallest absolute Gasteiger partial charge is 0.280 e. The Kier molecular flexibility index (Phi) is 4.46. The highest BCUT2D eigenvalue weighted by molar-refractivity contribution is 7.11. The molecule has 2 heterocycles. The largest absolute Gasteiger partial charge is 0.348 e. The van der Waals surface area contributed by atoms with Crippen molar-refractivity contribution in [2.24, 2.45) is 0 Å². The number of nitrogens with zero attached hydrogens (tertiary/aromatic N) is 2. The van der Waals surface area contributed by atoms with E-state index in [2.05, 4.69) is 20.6 Å². The van der Waals surface area contributed by atoms with E-state index in [1.807, 2.05) is 13.8 Å². The maximum Gasteiger partial charge on any atom is 0.280 e. The second kappa shape index (κ2) is 6.10. The van der Waals surface area contributed by atoms with Gasteiger partial charge in [0, 0.05) is 29.7 Å². The number of aromatic nitrogens is 2. The lowest BCUT2D eigenvalue weighted by Crippen LogP contribution is -2.51. The van der Waals surface area contributed by atoms with E-state index in [1.165, 1.54) is 22.7 Å². The molecule has 0 bridgehead atoms. The molecule has 0 saturated carbocycles. The standard InChI is InChI=1S/C12H14N4O2S2/c1-12(2,16-9(18)11-14-4-6-20-11)7-15-8(17)10-13-3-5-19-10/h3-6H,7H2,1-2H3,(H,15,17)(H,16,18). The van der Waals surface area contributed by atoms with E-state index in [9.17, 15) is 9.59 Å². The quantitative estimate of drug-likeness (QED) is 0.877. The minimum absolute atomic E-state index is 0.239. The third-order valence-electron chi connectivity index (χ3n) is 2.40. The van der Waals surface area contributed by atoms with Gasteiger partial charge in [0.15, 0.2) is 10.0 Å². The Balaban J connectivity index is 1.88. The fraction of sp³-hybridized carbons (Fsp3) is 0.333. The first-order chi connectivity index (χ1) is 9.48. The first-order valence-corrected chi connectivity index (χ1v) is 7.63. The van der Waals surface area contributed by atoms with Crippen LogP contribution in [0.1, 0.15) is 33.5 Å². The Morgan fingerprint density at radius 1 is 1.10 bits per heavy atom. The van der Waals surface area contributed by atoms with Crippen LogP contribution in [0.4, 0.5) is 0 Å². The molecule has 8 heteroatoms. The van der Waals surface area contributed by atoms with Crippen molar-refractivity contribution in [2.45, 2.75) is 19.4 Å². The Morgan fingerprint density at radius 3 is 2.15 bits per heavy atom. The minimum Gasteiger partial charge on any atom is -0.348 e. The Morgan fingerprint density at radius 2 is 1.65 bits per heavy atom. The van der Waals surface area contributed by atoms with Crippen LogP contribution in [0.3, 0.4) is 0 Å². The van der Waals surface area contributed by atoms with Crippen LogP contribution in [0.5, 0.6) is 0 Å². The maximum absolute atomic E-state index is 11.9. The molecule has 2 N–H and O–H groups in total. The van der Waals surface area contributed by atoms with Crippen molar-refractivity contribution in [1.29, 1.82) is 0 Å². The van der Waals surface area contributed by atoms with Crippen molar-refractivity contribution < 1.29 is 9.59 Å². The van der Waals surface area contributed by atoms with Gasteiger partial charge in [-0.3, -0.25) is 9.59 Å². The predicted octanol–water partition coefficient (Wildman–Crippen LogP) is 1.54. The van der Waals surface area contributed by atoms with Gasteiger partial charge in [-0.1, -0.05) is 0 Å². The molecule has 0 aliphatic carbocycles. The monoisotopic (exact) mass is 310 g/mol. The van der Waals surface area contributed by atoms with Crippen molar-refractivity contribution in [3.8, 4) is 0 Å². The summed E-state index contributed by atoms with van der Waals surface area (Å²) in [5.74, 6) is -0.481. The Bertz CT molecular complexity index is 579. The molecule has 0 aliphatic heterocycles. The normalized spacial score (nSPS) is 11.1. The summed E-state index contributed by atoms with van der Waals surface area (Å²) in [6.07, 6.45) is 3.16. The van der Waals surface area contributed by atoms with Crippen molar-refractivity contribution >= 4 is 34.5 Å². The van der Waals surface area contributed by atoms with E-state index in [0.29, 0.717) is 16.6 Å². The zero-order valence-corrected chi connectivity index (χ0v) is 12.7. The van der Waals surface area contributed by atoms with Gasteiger partial charge in [0.05, 0.1) is 5.54 Å². The first kappa shape index (κ1) is 14.6. The molecule has 2 aromatic rings. The van der Waals surface area contributed by atoms with Crippen molar-refractivity contribution in [1.82, 2.24) is 20.6 Å². The number of hydrogen-bond donors (Lipinski definition) is 2. The highest BCUT2D eigenvalue weighted by atomic mass is 32.1. The highest BCUT2D eigenvalue weighted by Gasteiger charge is 2.23. The molecular weight excluding hydrogens is 296 g/mol. The summed E-state index contributed by atoms with van der Waals surface area (Å²) in [7, 11) is 0. The third-order valence-corrected chi connectivity index (χ3v) is 3.94. The summed E-state index contributed by atoms with van der Waals surface area (Å²) in [5, 5.41) is 9.89. The number of carbonyl (C=O) groups is 2. The average Bonchev–Trinajstić information content (AvgIpc) is 3.07. The van der Waals surface area contributed by atoms with Crippen LogP contribution in [-0.4, -0.2) is 33.9 Å². The summed E-state index contributed by atoms with van der Waals surface area (Å²) in [6.45, 7) is 3.98. The van der Waals surface area contributed by atoms with Gasteiger partial charge in [0.1, 0.15) is 0 Å². The molecule has 106 valence electrons. The SMILES string of the molecule is CC(C)(CNC(=O)c1nccs1)NC(=O)c1nccs1. The van der Waals surface area contributed by atoms with Gasteiger partial charge >= 0.3 is 0 Å². The number of carbonyl (C=O) groups excluding carboxylic acids is 2. The second-order valence-corrected chi connectivity index (χ2v) is 6.48. The molecule has 2 rings (SSSR count). The van der Waals surface area contributed by atoms with Crippen LogP contribution >= 0.6 is 22.7 Å². The molecule has 20 heavy (non-hydrogen) atoms. The Labute approximate surface area is 124 Å². The third kappa shape index (κ3) is 3.84. The van der Waals surface area contributed by atoms with E-state index in [0.717, 1.165) is 0 Å². The average molecular weight is 310 g/mol. The van der Waals surface area contributed by atoms with Gasteiger partial charge in [-0.25, -0.2) is 9.97 Å². The van der Waals surface area contributed by atoms with Crippen molar-refractivity contribution in [3.63, 3.8) is 0 Å².